The van der Waals surface area contributed by atoms with E-state index in [9.17, 15) is 4.79 Å². The Hall–Kier alpha value is -2.53. The van der Waals surface area contributed by atoms with E-state index in [1.165, 1.54) is 43.4 Å². The van der Waals surface area contributed by atoms with Crippen LogP contribution in [0.5, 0.6) is 5.75 Å². The van der Waals surface area contributed by atoms with Crippen LogP contribution in [0.1, 0.15) is 53.6 Å². The van der Waals surface area contributed by atoms with E-state index in [0.717, 1.165) is 41.7 Å². The Balaban J connectivity index is 1.16. The third kappa shape index (κ3) is 4.93. The molecule has 2 aromatic rings. The summed E-state index contributed by atoms with van der Waals surface area (Å²) in [6, 6.07) is 14.2. The van der Waals surface area contributed by atoms with Gasteiger partial charge in [-0.2, -0.15) is 0 Å². The summed E-state index contributed by atoms with van der Waals surface area (Å²) in [5, 5.41) is 3.70. The lowest BCUT2D eigenvalue weighted by Gasteiger charge is -2.26. The van der Waals surface area contributed by atoms with Gasteiger partial charge in [0.05, 0.1) is 13.2 Å². The highest BCUT2D eigenvalue weighted by atomic mass is 16.5. The first-order valence-electron chi connectivity index (χ1n) is 12.2. The van der Waals surface area contributed by atoms with Crippen LogP contribution in [-0.4, -0.2) is 43.7 Å². The van der Waals surface area contributed by atoms with Gasteiger partial charge in [0.1, 0.15) is 12.4 Å². The van der Waals surface area contributed by atoms with Crippen LogP contribution in [0.3, 0.4) is 0 Å². The summed E-state index contributed by atoms with van der Waals surface area (Å²) in [4.78, 5) is 14.5. The number of hydrogen-bond acceptors (Lipinski definition) is 4. The largest absolute Gasteiger partial charge is 0.489 e. The fourth-order valence-corrected chi connectivity index (χ4v) is 5.41. The molecule has 2 heterocycles. The molecule has 5 heteroatoms. The molecule has 1 unspecified atom stereocenters. The predicted molar refractivity (Wildman–Crippen MR) is 126 cm³/mol. The van der Waals surface area contributed by atoms with E-state index in [2.05, 4.69) is 23.5 Å². The van der Waals surface area contributed by atoms with Crippen molar-refractivity contribution in [3.05, 3.63) is 59.2 Å². The standard InChI is InChI=1S/C27H34N2O3/c30-27(29-13-15-31-16-14-29)22-7-5-20(6-8-22)19-32-25-11-12-26-23(17-25)9-10-24(18-28-26)21-3-1-2-4-21/h5-8,11-12,17,21,24,28H,1-4,9-10,13-16,18-19H2. The molecule has 2 aliphatic heterocycles. The molecule has 170 valence electrons. The van der Waals surface area contributed by atoms with Crippen LogP contribution in [-0.2, 0) is 17.8 Å². The van der Waals surface area contributed by atoms with Crippen LogP contribution in [0.2, 0.25) is 0 Å². The predicted octanol–water partition coefficient (Wildman–Crippen LogP) is 4.90. The lowest BCUT2D eigenvalue weighted by molar-refractivity contribution is 0.0303. The number of aryl methyl sites for hydroxylation is 1. The number of hydrogen-bond donors (Lipinski definition) is 1. The normalized spacial score (nSPS) is 21.5. The molecule has 2 aromatic carbocycles. The third-order valence-electron chi connectivity index (χ3n) is 7.39. The van der Waals surface area contributed by atoms with Crippen molar-refractivity contribution in [3.8, 4) is 5.75 Å². The van der Waals surface area contributed by atoms with Crippen molar-refractivity contribution in [1.29, 1.82) is 0 Å². The van der Waals surface area contributed by atoms with Crippen LogP contribution in [0, 0.1) is 11.8 Å². The molecule has 0 aromatic heterocycles. The molecule has 5 rings (SSSR count). The minimum absolute atomic E-state index is 0.0786. The summed E-state index contributed by atoms with van der Waals surface area (Å²) in [6.07, 6.45) is 8.04. The van der Waals surface area contributed by atoms with Crippen molar-refractivity contribution in [3.63, 3.8) is 0 Å². The van der Waals surface area contributed by atoms with Gasteiger partial charge in [0.25, 0.3) is 5.91 Å². The Morgan fingerprint density at radius 3 is 2.56 bits per heavy atom. The van der Waals surface area contributed by atoms with Gasteiger partial charge in [-0.25, -0.2) is 0 Å². The van der Waals surface area contributed by atoms with Gasteiger partial charge in [0.2, 0.25) is 0 Å². The molecule has 1 saturated heterocycles. The second-order valence-electron chi connectivity index (χ2n) is 9.43. The monoisotopic (exact) mass is 434 g/mol. The minimum Gasteiger partial charge on any atom is -0.489 e. The maximum Gasteiger partial charge on any atom is 0.254 e. The molecular formula is C27H34N2O3. The number of anilines is 1. The molecule has 1 saturated carbocycles. The number of morpholine rings is 1. The lowest BCUT2D eigenvalue weighted by Crippen LogP contribution is -2.40. The van der Waals surface area contributed by atoms with Gasteiger partial charge < -0.3 is 19.7 Å². The van der Waals surface area contributed by atoms with Crippen molar-refractivity contribution in [2.45, 2.75) is 45.1 Å². The molecular weight excluding hydrogens is 400 g/mol. The molecule has 1 amide bonds. The lowest BCUT2D eigenvalue weighted by atomic mass is 9.87. The maximum absolute atomic E-state index is 12.6. The summed E-state index contributed by atoms with van der Waals surface area (Å²) in [5.41, 5.74) is 4.43. The van der Waals surface area contributed by atoms with Gasteiger partial charge in [0.15, 0.2) is 0 Å². The molecule has 3 aliphatic rings. The van der Waals surface area contributed by atoms with Crippen molar-refractivity contribution < 1.29 is 14.3 Å². The van der Waals surface area contributed by atoms with Gasteiger partial charge in [-0.1, -0.05) is 37.8 Å². The first-order valence-corrected chi connectivity index (χ1v) is 12.2. The van der Waals surface area contributed by atoms with E-state index in [1.807, 2.05) is 29.2 Å². The first kappa shape index (κ1) is 21.3. The van der Waals surface area contributed by atoms with E-state index >= 15 is 0 Å². The van der Waals surface area contributed by atoms with E-state index in [-0.39, 0.29) is 5.91 Å². The highest BCUT2D eigenvalue weighted by molar-refractivity contribution is 5.94. The molecule has 1 aliphatic carbocycles. The summed E-state index contributed by atoms with van der Waals surface area (Å²) < 4.78 is 11.4. The second kappa shape index (κ2) is 9.95. The van der Waals surface area contributed by atoms with Crippen molar-refractivity contribution in [2.24, 2.45) is 11.8 Å². The van der Waals surface area contributed by atoms with Gasteiger partial charge in [-0.05, 0) is 66.1 Å². The number of carbonyl (C=O) groups excluding carboxylic acids is 1. The van der Waals surface area contributed by atoms with Gasteiger partial charge in [-0.15, -0.1) is 0 Å². The van der Waals surface area contributed by atoms with Gasteiger partial charge in [0, 0.05) is 30.9 Å². The Labute approximate surface area is 191 Å². The van der Waals surface area contributed by atoms with E-state index in [4.69, 9.17) is 9.47 Å². The fraction of sp³-hybridized carbons (Fsp3) is 0.519. The molecule has 32 heavy (non-hydrogen) atoms. The van der Waals surface area contributed by atoms with Crippen molar-refractivity contribution >= 4 is 11.6 Å². The summed E-state index contributed by atoms with van der Waals surface area (Å²) in [6.45, 7) is 4.18. The zero-order valence-corrected chi connectivity index (χ0v) is 18.9. The van der Waals surface area contributed by atoms with E-state index in [0.29, 0.717) is 32.9 Å². The van der Waals surface area contributed by atoms with Crippen molar-refractivity contribution in [1.82, 2.24) is 4.90 Å². The zero-order valence-electron chi connectivity index (χ0n) is 18.9. The summed E-state index contributed by atoms with van der Waals surface area (Å²) >= 11 is 0. The Morgan fingerprint density at radius 1 is 1.00 bits per heavy atom. The minimum atomic E-state index is 0.0786. The van der Waals surface area contributed by atoms with E-state index < -0.39 is 0 Å². The highest BCUT2D eigenvalue weighted by Crippen LogP contribution is 2.37. The molecule has 2 fully saturated rings. The van der Waals surface area contributed by atoms with Gasteiger partial charge in [-0.3, -0.25) is 4.79 Å². The second-order valence-corrected chi connectivity index (χ2v) is 9.43. The number of benzene rings is 2. The van der Waals surface area contributed by atoms with Gasteiger partial charge >= 0.3 is 0 Å². The summed E-state index contributed by atoms with van der Waals surface area (Å²) in [5.74, 6) is 2.70. The number of fused-ring (bicyclic) bond motifs is 1. The highest BCUT2D eigenvalue weighted by Gasteiger charge is 2.26. The number of nitrogens with one attached hydrogen (secondary N) is 1. The van der Waals surface area contributed by atoms with Crippen molar-refractivity contribution in [2.75, 3.05) is 38.2 Å². The molecule has 5 nitrogen and oxygen atoms in total. The quantitative estimate of drug-likeness (QED) is 0.727. The Bertz CT molecular complexity index is 915. The zero-order chi connectivity index (χ0) is 21.8. The molecule has 0 bridgehead atoms. The molecule has 0 spiro atoms. The number of carbonyl (C=O) groups is 1. The average molecular weight is 435 g/mol. The molecule has 1 atom stereocenters. The maximum atomic E-state index is 12.6. The fourth-order valence-electron chi connectivity index (χ4n) is 5.41. The van der Waals surface area contributed by atoms with Crippen LogP contribution >= 0.6 is 0 Å². The summed E-state index contributed by atoms with van der Waals surface area (Å²) in [7, 11) is 0. The van der Waals surface area contributed by atoms with Crippen LogP contribution in [0.25, 0.3) is 0 Å². The number of amides is 1. The Morgan fingerprint density at radius 2 is 1.78 bits per heavy atom. The Kier molecular flexibility index (Phi) is 6.63. The number of nitrogens with zero attached hydrogens (tertiary/aromatic N) is 1. The SMILES string of the molecule is O=C(c1ccc(COc2ccc3c(c2)CCC(C2CCCC2)CN3)cc1)N1CCOCC1. The third-order valence-corrected chi connectivity index (χ3v) is 7.39. The van der Waals surface area contributed by atoms with Crippen LogP contribution < -0.4 is 10.1 Å². The average Bonchev–Trinajstić information content (AvgIpc) is 3.30. The number of rotatable bonds is 5. The van der Waals surface area contributed by atoms with Crippen LogP contribution in [0.15, 0.2) is 42.5 Å². The van der Waals surface area contributed by atoms with E-state index in [1.54, 1.807) is 0 Å². The molecule has 1 N–H and O–H groups in total. The van der Waals surface area contributed by atoms with Crippen LogP contribution in [0.4, 0.5) is 5.69 Å². The number of ether oxygens (including phenoxy) is 2. The smallest absolute Gasteiger partial charge is 0.254 e. The first-order chi connectivity index (χ1) is 15.8. The molecule has 0 radical (unpaired) electrons. The topological polar surface area (TPSA) is 50.8 Å².